The minimum atomic E-state index is -4.60. The van der Waals surface area contributed by atoms with Crippen molar-refractivity contribution in [3.63, 3.8) is 0 Å². The number of benzene rings is 1. The molecule has 0 saturated heterocycles. The molecule has 0 fully saturated rings. The van der Waals surface area contributed by atoms with Gasteiger partial charge in [-0.15, -0.1) is 0 Å². The fraction of sp³-hybridized carbons (Fsp3) is 0.0909. The van der Waals surface area contributed by atoms with E-state index < -0.39 is 17.7 Å². The van der Waals surface area contributed by atoms with Gasteiger partial charge in [-0.1, -0.05) is 23.2 Å². The van der Waals surface area contributed by atoms with Gasteiger partial charge in [0.2, 0.25) is 0 Å². The van der Waals surface area contributed by atoms with E-state index in [0.717, 1.165) is 6.20 Å². The first-order valence-corrected chi connectivity index (χ1v) is 5.80. The standard InChI is InChI=1S/C11H5Cl2F3N2O2/c12-6-1-4(11(14,15)16)2-7(13)8(6)9-5(10(19)20)3-17-18-9/h1-3H,(H,17,18)(H,19,20). The van der Waals surface area contributed by atoms with Crippen LogP contribution in [0.2, 0.25) is 10.0 Å². The molecular weight excluding hydrogens is 320 g/mol. The Morgan fingerprint density at radius 3 is 2.25 bits per heavy atom. The Hall–Kier alpha value is -1.73. The zero-order valence-electron chi connectivity index (χ0n) is 9.42. The Bertz CT molecular complexity index is 660. The van der Waals surface area contributed by atoms with Crippen molar-refractivity contribution >= 4 is 29.2 Å². The van der Waals surface area contributed by atoms with Gasteiger partial charge in [-0.05, 0) is 12.1 Å². The van der Waals surface area contributed by atoms with Crippen molar-refractivity contribution in [2.24, 2.45) is 0 Å². The second-order valence-electron chi connectivity index (χ2n) is 3.78. The van der Waals surface area contributed by atoms with Crippen molar-refractivity contribution in [3.8, 4) is 11.3 Å². The van der Waals surface area contributed by atoms with Crippen LogP contribution in [0.4, 0.5) is 13.2 Å². The summed E-state index contributed by atoms with van der Waals surface area (Å²) in [6, 6.07) is 1.35. The third kappa shape index (κ3) is 2.59. The first-order chi connectivity index (χ1) is 9.21. The van der Waals surface area contributed by atoms with Crippen LogP contribution in [0, 0.1) is 0 Å². The van der Waals surface area contributed by atoms with Crippen molar-refractivity contribution in [1.82, 2.24) is 10.2 Å². The van der Waals surface area contributed by atoms with E-state index in [-0.39, 0.29) is 26.9 Å². The van der Waals surface area contributed by atoms with Gasteiger partial charge in [0.15, 0.2) is 0 Å². The number of carboxylic acid groups (broad SMARTS) is 1. The van der Waals surface area contributed by atoms with Gasteiger partial charge < -0.3 is 5.11 Å². The van der Waals surface area contributed by atoms with Gasteiger partial charge >= 0.3 is 12.1 Å². The summed E-state index contributed by atoms with van der Waals surface area (Å²) in [6.45, 7) is 0. The molecule has 0 atom stereocenters. The summed E-state index contributed by atoms with van der Waals surface area (Å²) in [5.41, 5.74) is -1.36. The van der Waals surface area contributed by atoms with Crippen LogP contribution in [0.1, 0.15) is 15.9 Å². The van der Waals surface area contributed by atoms with Crippen molar-refractivity contribution in [3.05, 3.63) is 39.5 Å². The van der Waals surface area contributed by atoms with Crippen molar-refractivity contribution in [2.45, 2.75) is 6.18 Å². The lowest BCUT2D eigenvalue weighted by molar-refractivity contribution is -0.137. The lowest BCUT2D eigenvalue weighted by Gasteiger charge is -2.11. The summed E-state index contributed by atoms with van der Waals surface area (Å²) in [6.07, 6.45) is -3.59. The highest BCUT2D eigenvalue weighted by atomic mass is 35.5. The molecule has 0 saturated carbocycles. The highest BCUT2D eigenvalue weighted by Crippen LogP contribution is 2.40. The van der Waals surface area contributed by atoms with Crippen LogP contribution in [0.15, 0.2) is 18.3 Å². The molecule has 1 aromatic carbocycles. The van der Waals surface area contributed by atoms with E-state index in [4.69, 9.17) is 28.3 Å². The summed E-state index contributed by atoms with van der Waals surface area (Å²) < 4.78 is 37.8. The number of aromatic amines is 1. The largest absolute Gasteiger partial charge is 0.478 e. The van der Waals surface area contributed by atoms with Crippen LogP contribution < -0.4 is 0 Å². The molecule has 2 N–H and O–H groups in total. The Labute approximate surface area is 120 Å². The number of halogens is 5. The smallest absolute Gasteiger partial charge is 0.416 e. The summed E-state index contributed by atoms with van der Waals surface area (Å²) in [7, 11) is 0. The Kier molecular flexibility index (Phi) is 3.66. The fourth-order valence-corrected chi connectivity index (χ4v) is 2.29. The zero-order valence-corrected chi connectivity index (χ0v) is 10.9. The molecule has 0 spiro atoms. The second kappa shape index (κ2) is 4.99. The molecule has 0 unspecified atom stereocenters. The van der Waals surface area contributed by atoms with Crippen molar-refractivity contribution in [1.29, 1.82) is 0 Å². The molecule has 9 heteroatoms. The van der Waals surface area contributed by atoms with Gasteiger partial charge in [0, 0.05) is 5.56 Å². The molecule has 0 bridgehead atoms. The number of carbonyl (C=O) groups is 1. The Morgan fingerprint density at radius 2 is 1.80 bits per heavy atom. The van der Waals surface area contributed by atoms with Crippen LogP contribution in [0.25, 0.3) is 11.3 Å². The quantitative estimate of drug-likeness (QED) is 0.873. The SMILES string of the molecule is O=C(O)c1cn[nH]c1-c1c(Cl)cc(C(F)(F)F)cc1Cl. The van der Waals surface area contributed by atoms with Crippen LogP contribution in [0.5, 0.6) is 0 Å². The van der Waals surface area contributed by atoms with Crippen LogP contribution >= 0.6 is 23.2 Å². The maximum Gasteiger partial charge on any atom is 0.416 e. The van der Waals surface area contributed by atoms with E-state index in [1.807, 2.05) is 0 Å². The fourth-order valence-electron chi connectivity index (χ4n) is 1.61. The van der Waals surface area contributed by atoms with Gasteiger partial charge in [-0.2, -0.15) is 18.3 Å². The second-order valence-corrected chi connectivity index (χ2v) is 4.59. The van der Waals surface area contributed by atoms with E-state index in [9.17, 15) is 18.0 Å². The molecule has 2 aromatic rings. The van der Waals surface area contributed by atoms with Gasteiger partial charge in [0.1, 0.15) is 5.56 Å². The summed E-state index contributed by atoms with van der Waals surface area (Å²) in [5, 5.41) is 14.2. The van der Waals surface area contributed by atoms with E-state index in [1.54, 1.807) is 0 Å². The van der Waals surface area contributed by atoms with Gasteiger partial charge in [0.05, 0.1) is 27.5 Å². The molecule has 0 aliphatic heterocycles. The van der Waals surface area contributed by atoms with Crippen LogP contribution in [-0.2, 0) is 6.18 Å². The normalized spacial score (nSPS) is 11.7. The molecular formula is C11H5Cl2F3N2O2. The summed E-state index contributed by atoms with van der Waals surface area (Å²) in [4.78, 5) is 11.0. The maximum atomic E-state index is 12.6. The molecule has 0 amide bonds. The number of H-pyrrole nitrogens is 1. The highest BCUT2D eigenvalue weighted by Gasteiger charge is 2.32. The molecule has 106 valence electrons. The number of carboxylic acids is 1. The Morgan fingerprint density at radius 1 is 1.25 bits per heavy atom. The van der Waals surface area contributed by atoms with Crippen LogP contribution in [0.3, 0.4) is 0 Å². The number of hydrogen-bond acceptors (Lipinski definition) is 2. The average molecular weight is 325 g/mol. The predicted octanol–water partition coefficient (Wildman–Crippen LogP) is 4.10. The number of alkyl halides is 3. The topological polar surface area (TPSA) is 66.0 Å². The number of nitrogens with one attached hydrogen (secondary N) is 1. The summed E-state index contributed by atoms with van der Waals surface area (Å²) >= 11 is 11.6. The summed E-state index contributed by atoms with van der Waals surface area (Å²) in [5.74, 6) is -1.30. The van der Waals surface area contributed by atoms with E-state index >= 15 is 0 Å². The van der Waals surface area contributed by atoms with Gasteiger partial charge in [-0.25, -0.2) is 4.79 Å². The minimum absolute atomic E-state index is 0.0452. The van der Waals surface area contributed by atoms with Crippen molar-refractivity contribution < 1.29 is 23.1 Å². The Balaban J connectivity index is 2.65. The predicted molar refractivity (Wildman–Crippen MR) is 66.0 cm³/mol. The van der Waals surface area contributed by atoms with Crippen LogP contribution in [-0.4, -0.2) is 21.3 Å². The number of hydrogen-bond donors (Lipinski definition) is 2. The first kappa shape index (κ1) is 14.7. The highest BCUT2D eigenvalue weighted by molar-refractivity contribution is 6.39. The van der Waals surface area contributed by atoms with Gasteiger partial charge in [0.25, 0.3) is 0 Å². The van der Waals surface area contributed by atoms with E-state index in [2.05, 4.69) is 10.2 Å². The molecule has 20 heavy (non-hydrogen) atoms. The van der Waals surface area contributed by atoms with E-state index in [1.165, 1.54) is 0 Å². The molecule has 4 nitrogen and oxygen atoms in total. The molecule has 0 aliphatic rings. The van der Waals surface area contributed by atoms with Gasteiger partial charge in [-0.3, -0.25) is 5.10 Å². The molecule has 1 heterocycles. The minimum Gasteiger partial charge on any atom is -0.478 e. The van der Waals surface area contributed by atoms with Crippen molar-refractivity contribution in [2.75, 3.05) is 0 Å². The number of rotatable bonds is 2. The monoisotopic (exact) mass is 324 g/mol. The number of nitrogens with zero attached hydrogens (tertiary/aromatic N) is 1. The third-order valence-corrected chi connectivity index (χ3v) is 3.09. The molecule has 0 aliphatic carbocycles. The first-order valence-electron chi connectivity index (χ1n) is 5.05. The third-order valence-electron chi connectivity index (χ3n) is 2.49. The lowest BCUT2D eigenvalue weighted by atomic mass is 10.1. The molecule has 2 rings (SSSR count). The van der Waals surface area contributed by atoms with E-state index in [0.29, 0.717) is 12.1 Å². The maximum absolute atomic E-state index is 12.6. The molecule has 1 aromatic heterocycles. The zero-order chi connectivity index (χ0) is 15.1. The average Bonchev–Trinajstić information content (AvgIpc) is 2.75. The lowest BCUT2D eigenvalue weighted by Crippen LogP contribution is -2.05. The molecule has 0 radical (unpaired) electrons. The number of aromatic carboxylic acids is 1. The number of aromatic nitrogens is 2.